The van der Waals surface area contributed by atoms with Gasteiger partial charge in [0.05, 0.1) is 17.8 Å². The summed E-state index contributed by atoms with van der Waals surface area (Å²) in [6, 6.07) is 2.98. The van der Waals surface area contributed by atoms with Crippen molar-refractivity contribution < 1.29 is 14.2 Å². The summed E-state index contributed by atoms with van der Waals surface area (Å²) in [6.07, 6.45) is 2.72. The molecule has 0 unspecified atom stereocenters. The Balaban J connectivity index is 2.79. The molecule has 5 heteroatoms. The topological polar surface area (TPSA) is 41.5 Å². The van der Waals surface area contributed by atoms with E-state index in [1.165, 1.54) is 19.2 Å². The predicted molar refractivity (Wildman–Crippen MR) is 70.4 cm³/mol. The molecule has 0 aromatic heterocycles. The van der Waals surface area contributed by atoms with Gasteiger partial charge >= 0.3 is 0 Å². The van der Waals surface area contributed by atoms with Gasteiger partial charge in [-0.1, -0.05) is 25.6 Å². The van der Waals surface area contributed by atoms with E-state index in [0.29, 0.717) is 4.99 Å². The smallest absolute Gasteiger partial charge is 0.208 e. The van der Waals surface area contributed by atoms with E-state index < -0.39 is 11.6 Å². The first-order valence-electron chi connectivity index (χ1n) is 5.45. The SMILES string of the molecule is CCCCC(=S)Nc1ccc(OC)c(F)c1O. The van der Waals surface area contributed by atoms with Gasteiger partial charge in [0.2, 0.25) is 5.82 Å². The first-order valence-corrected chi connectivity index (χ1v) is 5.86. The quantitative estimate of drug-likeness (QED) is 0.626. The standard InChI is InChI=1S/C12H16FNO2S/c1-3-4-5-10(17)14-8-6-7-9(16-2)11(13)12(8)15/h6-7,15H,3-5H2,1-2H3,(H,14,17). The molecule has 0 amide bonds. The number of rotatable bonds is 5. The molecule has 0 heterocycles. The summed E-state index contributed by atoms with van der Waals surface area (Å²) in [7, 11) is 1.34. The van der Waals surface area contributed by atoms with Gasteiger partial charge in [0, 0.05) is 0 Å². The fourth-order valence-corrected chi connectivity index (χ4v) is 1.61. The van der Waals surface area contributed by atoms with Crippen molar-refractivity contribution in [3.8, 4) is 11.5 Å². The lowest BCUT2D eigenvalue weighted by Crippen LogP contribution is -2.09. The van der Waals surface area contributed by atoms with Crippen LogP contribution in [0.2, 0.25) is 0 Å². The van der Waals surface area contributed by atoms with Gasteiger partial charge in [-0.25, -0.2) is 0 Å². The van der Waals surface area contributed by atoms with Crippen LogP contribution < -0.4 is 10.1 Å². The van der Waals surface area contributed by atoms with E-state index in [2.05, 4.69) is 12.2 Å². The molecular weight excluding hydrogens is 241 g/mol. The average Bonchev–Trinajstić information content (AvgIpc) is 2.33. The normalized spacial score (nSPS) is 10.1. The molecule has 17 heavy (non-hydrogen) atoms. The van der Waals surface area contributed by atoms with Gasteiger partial charge in [0.1, 0.15) is 0 Å². The zero-order valence-corrected chi connectivity index (χ0v) is 10.7. The number of thiocarbonyl (C=S) groups is 1. The number of phenols is 1. The molecule has 1 rings (SSSR count). The molecule has 0 saturated heterocycles. The van der Waals surface area contributed by atoms with Crippen molar-refractivity contribution in [3.05, 3.63) is 17.9 Å². The van der Waals surface area contributed by atoms with Gasteiger partial charge in [-0.2, -0.15) is 4.39 Å². The molecule has 0 bridgehead atoms. The van der Waals surface area contributed by atoms with E-state index in [4.69, 9.17) is 17.0 Å². The molecule has 0 aliphatic heterocycles. The zero-order valence-electron chi connectivity index (χ0n) is 9.92. The molecule has 0 saturated carbocycles. The average molecular weight is 257 g/mol. The number of hydrogen-bond donors (Lipinski definition) is 2. The molecule has 0 aliphatic carbocycles. The van der Waals surface area contributed by atoms with E-state index in [1.54, 1.807) is 0 Å². The number of phenolic OH excluding ortho intramolecular Hbond substituents is 1. The highest BCUT2D eigenvalue weighted by Crippen LogP contribution is 2.33. The molecule has 0 aliphatic rings. The van der Waals surface area contributed by atoms with Gasteiger partial charge < -0.3 is 15.2 Å². The summed E-state index contributed by atoms with van der Waals surface area (Å²) in [6.45, 7) is 2.06. The number of benzene rings is 1. The fraction of sp³-hybridized carbons (Fsp3) is 0.417. The van der Waals surface area contributed by atoms with Gasteiger partial charge in [-0.3, -0.25) is 0 Å². The highest BCUT2D eigenvalue weighted by atomic mass is 32.1. The molecule has 0 radical (unpaired) electrons. The molecule has 0 fully saturated rings. The third-order valence-corrected chi connectivity index (χ3v) is 2.64. The second-order valence-corrected chi connectivity index (χ2v) is 4.12. The van der Waals surface area contributed by atoms with Crippen molar-refractivity contribution in [2.45, 2.75) is 26.2 Å². The molecule has 3 nitrogen and oxygen atoms in total. The monoisotopic (exact) mass is 257 g/mol. The molecule has 0 spiro atoms. The molecule has 1 aromatic carbocycles. The number of aromatic hydroxyl groups is 1. The minimum Gasteiger partial charge on any atom is -0.503 e. The summed E-state index contributed by atoms with van der Waals surface area (Å²) in [5, 5.41) is 12.4. The first kappa shape index (κ1) is 13.7. The Hall–Kier alpha value is -1.36. The number of methoxy groups -OCH3 is 1. The van der Waals surface area contributed by atoms with Gasteiger partial charge in [0.25, 0.3) is 0 Å². The fourth-order valence-electron chi connectivity index (χ4n) is 1.35. The Bertz CT molecular complexity index is 410. The Morgan fingerprint density at radius 2 is 2.24 bits per heavy atom. The van der Waals surface area contributed by atoms with Crippen molar-refractivity contribution in [3.63, 3.8) is 0 Å². The number of hydrogen-bond acceptors (Lipinski definition) is 3. The number of halogens is 1. The summed E-state index contributed by atoms with van der Waals surface area (Å²) < 4.78 is 18.3. The van der Waals surface area contributed by atoms with Crippen LogP contribution in [0, 0.1) is 5.82 Å². The predicted octanol–water partition coefficient (Wildman–Crippen LogP) is 3.47. The van der Waals surface area contributed by atoms with Crippen LogP contribution in [0.15, 0.2) is 12.1 Å². The lowest BCUT2D eigenvalue weighted by atomic mass is 10.2. The highest BCUT2D eigenvalue weighted by Gasteiger charge is 2.13. The van der Waals surface area contributed by atoms with Crippen LogP contribution in [0.5, 0.6) is 11.5 Å². The third kappa shape index (κ3) is 3.56. The molecule has 1 aromatic rings. The summed E-state index contributed by atoms with van der Waals surface area (Å²) in [5.74, 6) is -1.24. The Labute approximate surface area is 106 Å². The van der Waals surface area contributed by atoms with Gasteiger partial charge in [-0.15, -0.1) is 0 Å². The van der Waals surface area contributed by atoms with Crippen LogP contribution in [0.4, 0.5) is 10.1 Å². The second-order valence-electron chi connectivity index (χ2n) is 3.63. The van der Waals surface area contributed by atoms with Gasteiger partial charge in [-0.05, 0) is 25.0 Å². The van der Waals surface area contributed by atoms with E-state index >= 15 is 0 Å². The maximum absolute atomic E-state index is 13.5. The van der Waals surface area contributed by atoms with Gasteiger partial charge in [0.15, 0.2) is 11.5 Å². The lowest BCUT2D eigenvalue weighted by molar-refractivity contribution is 0.365. The Morgan fingerprint density at radius 3 is 2.82 bits per heavy atom. The minimum absolute atomic E-state index is 0.00697. The zero-order chi connectivity index (χ0) is 12.8. The van der Waals surface area contributed by atoms with Crippen LogP contribution >= 0.6 is 12.2 Å². The van der Waals surface area contributed by atoms with E-state index in [1.807, 2.05) is 0 Å². The highest BCUT2D eigenvalue weighted by molar-refractivity contribution is 7.80. The summed E-state index contributed by atoms with van der Waals surface area (Å²) in [4.78, 5) is 0.590. The number of ether oxygens (including phenoxy) is 1. The molecule has 0 atom stereocenters. The largest absolute Gasteiger partial charge is 0.503 e. The van der Waals surface area contributed by atoms with Crippen molar-refractivity contribution in [2.75, 3.05) is 12.4 Å². The number of unbranched alkanes of at least 4 members (excludes halogenated alkanes) is 1. The van der Waals surface area contributed by atoms with Crippen LogP contribution in [0.3, 0.4) is 0 Å². The van der Waals surface area contributed by atoms with Crippen LogP contribution in [0.1, 0.15) is 26.2 Å². The number of nitrogens with one attached hydrogen (secondary N) is 1. The lowest BCUT2D eigenvalue weighted by Gasteiger charge is -2.11. The second kappa shape index (κ2) is 6.39. The summed E-state index contributed by atoms with van der Waals surface area (Å²) in [5.41, 5.74) is 0.268. The number of anilines is 1. The third-order valence-electron chi connectivity index (χ3n) is 2.33. The first-order chi connectivity index (χ1) is 8.10. The minimum atomic E-state index is -0.782. The summed E-state index contributed by atoms with van der Waals surface area (Å²) >= 11 is 5.09. The maximum atomic E-state index is 13.5. The molecule has 2 N–H and O–H groups in total. The Kier molecular flexibility index (Phi) is 5.15. The van der Waals surface area contributed by atoms with E-state index in [0.717, 1.165) is 19.3 Å². The van der Waals surface area contributed by atoms with Crippen LogP contribution in [-0.4, -0.2) is 17.2 Å². The van der Waals surface area contributed by atoms with Crippen molar-refractivity contribution in [1.82, 2.24) is 0 Å². The van der Waals surface area contributed by atoms with Crippen molar-refractivity contribution >= 4 is 22.9 Å². The van der Waals surface area contributed by atoms with Crippen LogP contribution in [-0.2, 0) is 0 Å². The Morgan fingerprint density at radius 1 is 1.53 bits per heavy atom. The van der Waals surface area contributed by atoms with E-state index in [-0.39, 0.29) is 11.4 Å². The van der Waals surface area contributed by atoms with Crippen LogP contribution in [0.25, 0.3) is 0 Å². The van der Waals surface area contributed by atoms with E-state index in [9.17, 15) is 9.50 Å². The van der Waals surface area contributed by atoms with Crippen molar-refractivity contribution in [1.29, 1.82) is 0 Å². The maximum Gasteiger partial charge on any atom is 0.208 e. The molecular formula is C12H16FNO2S. The molecule has 94 valence electrons. The van der Waals surface area contributed by atoms with Crippen molar-refractivity contribution in [2.24, 2.45) is 0 Å².